The number of fused-ring (bicyclic) bond motifs is 1. The van der Waals surface area contributed by atoms with E-state index in [2.05, 4.69) is 20.3 Å². The highest BCUT2D eigenvalue weighted by Crippen LogP contribution is 2.33. The van der Waals surface area contributed by atoms with Gasteiger partial charge in [0.15, 0.2) is 11.3 Å². The number of nitrogen functional groups attached to an aromatic ring is 1. The zero-order valence-corrected chi connectivity index (χ0v) is 13.2. The number of H-pyrrole nitrogens is 1. The van der Waals surface area contributed by atoms with Gasteiger partial charge in [0.05, 0.1) is 11.3 Å². The number of nitrogens with one attached hydrogen (secondary N) is 1. The summed E-state index contributed by atoms with van der Waals surface area (Å²) in [4.78, 5) is 16.4. The van der Waals surface area contributed by atoms with Gasteiger partial charge in [0.2, 0.25) is 0 Å². The molecule has 3 aromatic rings. The first-order valence-electron chi connectivity index (χ1n) is 7.15. The predicted octanol–water partition coefficient (Wildman–Crippen LogP) is 3.66. The lowest BCUT2D eigenvalue weighted by molar-refractivity contribution is -0.137. The molecule has 0 fully saturated rings. The van der Waals surface area contributed by atoms with Gasteiger partial charge < -0.3 is 5.73 Å². The van der Waals surface area contributed by atoms with Crippen LogP contribution in [-0.2, 0) is 6.18 Å². The molecule has 0 amide bonds. The van der Waals surface area contributed by atoms with Crippen LogP contribution in [0.5, 0.6) is 0 Å². The van der Waals surface area contributed by atoms with Crippen molar-refractivity contribution in [2.24, 2.45) is 10.2 Å². The number of nitrogens with zero attached hydrogens (tertiary/aromatic N) is 4. The van der Waals surface area contributed by atoms with Gasteiger partial charge in [0, 0.05) is 11.3 Å². The van der Waals surface area contributed by atoms with E-state index in [1.165, 1.54) is 12.1 Å². The van der Waals surface area contributed by atoms with Crippen LogP contribution in [0.25, 0.3) is 5.65 Å². The third kappa shape index (κ3) is 2.97. The average Bonchev–Trinajstić information content (AvgIpc) is 2.86. The van der Waals surface area contributed by atoms with Crippen LogP contribution < -0.4 is 11.3 Å². The summed E-state index contributed by atoms with van der Waals surface area (Å²) < 4.78 is 39.3. The summed E-state index contributed by atoms with van der Waals surface area (Å²) in [6, 6.07) is 4.40. The summed E-state index contributed by atoms with van der Waals surface area (Å²) in [6.07, 6.45) is -4.48. The molecule has 0 saturated carbocycles. The standard InChI is InChI=1S/C15H13F3N6O/c1-7-8(2)20-13-11(12(19)23-24(13)14(7)25)22-21-10-5-3-4-9(6-10)15(16,17)18/h3-6,23H,19H2,1-2H3. The summed E-state index contributed by atoms with van der Waals surface area (Å²) in [5, 5.41) is 10.3. The molecule has 25 heavy (non-hydrogen) atoms. The molecule has 0 unspecified atom stereocenters. The van der Waals surface area contributed by atoms with Crippen molar-refractivity contribution in [2.75, 3.05) is 5.73 Å². The minimum Gasteiger partial charge on any atom is -0.382 e. The molecule has 0 saturated heterocycles. The molecular weight excluding hydrogens is 337 g/mol. The largest absolute Gasteiger partial charge is 0.416 e. The van der Waals surface area contributed by atoms with Gasteiger partial charge in [-0.05, 0) is 32.0 Å². The Bertz CT molecular complexity index is 1050. The molecule has 2 aromatic heterocycles. The number of nitrogens with two attached hydrogens (primary N) is 1. The number of hydrogen-bond donors (Lipinski definition) is 2. The van der Waals surface area contributed by atoms with Crippen LogP contribution >= 0.6 is 0 Å². The maximum atomic E-state index is 12.7. The third-order valence-electron chi connectivity index (χ3n) is 3.69. The molecule has 1 aromatic carbocycles. The van der Waals surface area contributed by atoms with Gasteiger partial charge in [-0.3, -0.25) is 9.89 Å². The number of hydrogen-bond acceptors (Lipinski definition) is 5. The number of aromatic amines is 1. The van der Waals surface area contributed by atoms with E-state index in [9.17, 15) is 18.0 Å². The van der Waals surface area contributed by atoms with E-state index in [0.717, 1.165) is 16.6 Å². The second kappa shape index (κ2) is 5.72. The Hall–Kier alpha value is -3.17. The molecule has 3 N–H and O–H groups in total. The van der Waals surface area contributed by atoms with Gasteiger partial charge in [-0.2, -0.15) is 22.8 Å². The van der Waals surface area contributed by atoms with Gasteiger partial charge in [-0.1, -0.05) is 6.07 Å². The fourth-order valence-electron chi connectivity index (χ4n) is 2.22. The number of halogens is 3. The molecular formula is C15H13F3N6O. The molecule has 0 aliphatic rings. The fraction of sp³-hybridized carbons (Fsp3) is 0.200. The van der Waals surface area contributed by atoms with Crippen LogP contribution in [-0.4, -0.2) is 14.6 Å². The van der Waals surface area contributed by atoms with Crippen molar-refractivity contribution in [3.63, 3.8) is 0 Å². The van der Waals surface area contributed by atoms with Crippen LogP contribution in [0.15, 0.2) is 39.3 Å². The molecule has 0 aliphatic carbocycles. The maximum absolute atomic E-state index is 12.7. The fourth-order valence-corrected chi connectivity index (χ4v) is 2.22. The number of benzene rings is 1. The second-order valence-corrected chi connectivity index (χ2v) is 5.41. The van der Waals surface area contributed by atoms with Crippen molar-refractivity contribution in [2.45, 2.75) is 20.0 Å². The molecule has 0 atom stereocenters. The SMILES string of the molecule is Cc1nc2c(N=Nc3cccc(C(F)(F)F)c3)c(N)[nH]n2c(=O)c1C. The van der Waals surface area contributed by atoms with Gasteiger partial charge in [-0.15, -0.1) is 5.11 Å². The highest BCUT2D eigenvalue weighted by Gasteiger charge is 2.30. The molecule has 130 valence electrons. The van der Waals surface area contributed by atoms with Crippen molar-refractivity contribution in [1.82, 2.24) is 14.6 Å². The first-order chi connectivity index (χ1) is 11.7. The number of anilines is 1. The van der Waals surface area contributed by atoms with Crippen molar-refractivity contribution >= 4 is 22.8 Å². The third-order valence-corrected chi connectivity index (χ3v) is 3.69. The van der Waals surface area contributed by atoms with Crippen LogP contribution in [0.2, 0.25) is 0 Å². The molecule has 10 heteroatoms. The van der Waals surface area contributed by atoms with E-state index < -0.39 is 11.7 Å². The molecule has 0 radical (unpaired) electrons. The molecule has 0 aliphatic heterocycles. The van der Waals surface area contributed by atoms with E-state index in [0.29, 0.717) is 11.3 Å². The Balaban J connectivity index is 2.08. The lowest BCUT2D eigenvalue weighted by Gasteiger charge is -2.05. The predicted molar refractivity (Wildman–Crippen MR) is 85.3 cm³/mol. The Labute approximate surface area is 139 Å². The summed E-state index contributed by atoms with van der Waals surface area (Å²) in [7, 11) is 0. The minimum absolute atomic E-state index is 0.000226. The lowest BCUT2D eigenvalue weighted by atomic mass is 10.2. The van der Waals surface area contributed by atoms with Crippen LogP contribution in [0.1, 0.15) is 16.8 Å². The summed E-state index contributed by atoms with van der Waals surface area (Å²) in [5.41, 5.74) is 5.80. The number of aryl methyl sites for hydroxylation is 1. The highest BCUT2D eigenvalue weighted by atomic mass is 19.4. The number of rotatable bonds is 2. The number of azo groups is 1. The van der Waals surface area contributed by atoms with Crippen molar-refractivity contribution in [3.05, 3.63) is 51.4 Å². The van der Waals surface area contributed by atoms with Crippen molar-refractivity contribution < 1.29 is 13.2 Å². The molecule has 0 bridgehead atoms. The average molecular weight is 350 g/mol. The number of alkyl halides is 3. The second-order valence-electron chi connectivity index (χ2n) is 5.41. The van der Waals surface area contributed by atoms with E-state index in [4.69, 9.17) is 5.73 Å². The van der Waals surface area contributed by atoms with Crippen molar-refractivity contribution in [1.29, 1.82) is 0 Å². The smallest absolute Gasteiger partial charge is 0.382 e. The summed E-state index contributed by atoms with van der Waals surface area (Å²) in [6.45, 7) is 3.28. The zero-order chi connectivity index (χ0) is 18.4. The molecule has 0 spiro atoms. The Morgan fingerprint density at radius 1 is 1.24 bits per heavy atom. The lowest BCUT2D eigenvalue weighted by Crippen LogP contribution is -2.19. The first-order valence-corrected chi connectivity index (χ1v) is 7.15. The van der Waals surface area contributed by atoms with E-state index in [1.54, 1.807) is 13.8 Å². The molecule has 7 nitrogen and oxygen atoms in total. The van der Waals surface area contributed by atoms with E-state index in [-0.39, 0.29) is 28.4 Å². The minimum atomic E-state index is -4.48. The first kappa shape index (κ1) is 16.7. The van der Waals surface area contributed by atoms with Crippen LogP contribution in [0.4, 0.5) is 30.4 Å². The van der Waals surface area contributed by atoms with Crippen molar-refractivity contribution in [3.8, 4) is 0 Å². The Morgan fingerprint density at radius 3 is 2.64 bits per heavy atom. The number of aromatic nitrogens is 3. The summed E-state index contributed by atoms with van der Waals surface area (Å²) >= 11 is 0. The van der Waals surface area contributed by atoms with E-state index in [1.807, 2.05) is 0 Å². The molecule has 3 rings (SSSR count). The Morgan fingerprint density at radius 2 is 1.96 bits per heavy atom. The van der Waals surface area contributed by atoms with Gasteiger partial charge in [0.25, 0.3) is 5.56 Å². The molecule has 2 heterocycles. The topological polar surface area (TPSA) is 101 Å². The van der Waals surface area contributed by atoms with E-state index >= 15 is 0 Å². The highest BCUT2D eigenvalue weighted by molar-refractivity contribution is 5.75. The summed E-state index contributed by atoms with van der Waals surface area (Å²) in [5.74, 6) is 0.0327. The normalized spacial score (nSPS) is 12.4. The quantitative estimate of drug-likeness (QED) is 0.690. The van der Waals surface area contributed by atoms with Gasteiger partial charge >= 0.3 is 6.18 Å². The monoisotopic (exact) mass is 350 g/mol. The maximum Gasteiger partial charge on any atom is 0.416 e. The van der Waals surface area contributed by atoms with Crippen LogP contribution in [0, 0.1) is 13.8 Å². The Kier molecular flexibility index (Phi) is 3.82. The zero-order valence-electron chi connectivity index (χ0n) is 13.2. The van der Waals surface area contributed by atoms with Crippen LogP contribution in [0.3, 0.4) is 0 Å². The van der Waals surface area contributed by atoms with Gasteiger partial charge in [0.1, 0.15) is 5.82 Å². The van der Waals surface area contributed by atoms with Gasteiger partial charge in [-0.25, -0.2) is 4.98 Å².